The molecule has 1 aliphatic heterocycles. The average molecular weight is 264 g/mol. The third-order valence-corrected chi connectivity index (χ3v) is 4.01. The van der Waals surface area contributed by atoms with E-state index in [1.807, 2.05) is 6.07 Å². The van der Waals surface area contributed by atoms with Gasteiger partial charge in [0.15, 0.2) is 0 Å². The van der Waals surface area contributed by atoms with Crippen LogP contribution in [-0.4, -0.2) is 30.6 Å². The fraction of sp³-hybridized carbons (Fsp3) is 0.625. The number of nitrogens with one attached hydrogen (secondary N) is 1. The molecule has 0 saturated carbocycles. The first-order valence-corrected chi connectivity index (χ1v) is 7.07. The molecule has 3 heteroatoms. The van der Waals surface area contributed by atoms with Crippen LogP contribution in [0.1, 0.15) is 31.9 Å². The minimum Gasteiger partial charge on any atom is -0.311 e. The summed E-state index contributed by atoms with van der Waals surface area (Å²) in [5.41, 5.74) is 2.54. The van der Waals surface area contributed by atoms with Crippen molar-refractivity contribution >= 4 is 0 Å². The van der Waals surface area contributed by atoms with Gasteiger partial charge in [-0.05, 0) is 35.6 Å². The van der Waals surface area contributed by atoms with Gasteiger partial charge >= 0.3 is 0 Å². The summed E-state index contributed by atoms with van der Waals surface area (Å²) in [5.74, 6) is -0.136. The normalized spacial score (nSPS) is 21.6. The number of benzene rings is 1. The van der Waals surface area contributed by atoms with E-state index in [1.54, 1.807) is 6.07 Å². The van der Waals surface area contributed by atoms with Crippen LogP contribution < -0.4 is 5.32 Å². The molecular weight excluding hydrogens is 239 g/mol. The van der Waals surface area contributed by atoms with E-state index < -0.39 is 0 Å². The summed E-state index contributed by atoms with van der Waals surface area (Å²) in [7, 11) is 0. The number of aryl methyl sites for hydroxylation is 1. The van der Waals surface area contributed by atoms with Gasteiger partial charge in [0.2, 0.25) is 0 Å². The van der Waals surface area contributed by atoms with Gasteiger partial charge < -0.3 is 5.32 Å². The molecule has 106 valence electrons. The van der Waals surface area contributed by atoms with Crippen LogP contribution in [0.15, 0.2) is 18.2 Å². The standard InChI is InChI=1S/C16H25FN2/c1-12-5-6-14(17)9-13(12)10-19-8-7-18-15(11-19)16(2,3)4/h5-6,9,15,18H,7-8,10-11H2,1-4H3. The Kier molecular flexibility index (Phi) is 4.26. The average Bonchev–Trinajstić information content (AvgIpc) is 2.33. The van der Waals surface area contributed by atoms with Crippen LogP contribution in [0.2, 0.25) is 0 Å². The molecule has 0 spiro atoms. The first-order valence-electron chi connectivity index (χ1n) is 7.07. The second-order valence-electron chi connectivity index (χ2n) is 6.68. The highest BCUT2D eigenvalue weighted by Gasteiger charge is 2.29. The quantitative estimate of drug-likeness (QED) is 0.883. The fourth-order valence-electron chi connectivity index (χ4n) is 2.59. The van der Waals surface area contributed by atoms with Gasteiger partial charge in [-0.1, -0.05) is 26.8 Å². The maximum Gasteiger partial charge on any atom is 0.123 e. The van der Waals surface area contributed by atoms with Crippen molar-refractivity contribution in [2.45, 2.75) is 40.3 Å². The molecule has 1 saturated heterocycles. The lowest BCUT2D eigenvalue weighted by molar-refractivity contribution is 0.129. The zero-order valence-corrected chi connectivity index (χ0v) is 12.5. The lowest BCUT2D eigenvalue weighted by Crippen LogP contribution is -2.55. The molecule has 1 aliphatic rings. The summed E-state index contributed by atoms with van der Waals surface area (Å²) in [6.45, 7) is 12.8. The first kappa shape index (κ1) is 14.5. The molecule has 0 bridgehead atoms. The summed E-state index contributed by atoms with van der Waals surface area (Å²) in [6.07, 6.45) is 0. The molecule has 1 aromatic carbocycles. The van der Waals surface area contributed by atoms with E-state index in [9.17, 15) is 4.39 Å². The van der Waals surface area contributed by atoms with E-state index in [1.165, 1.54) is 11.6 Å². The van der Waals surface area contributed by atoms with Crippen molar-refractivity contribution in [3.63, 3.8) is 0 Å². The van der Waals surface area contributed by atoms with Crippen LogP contribution in [0, 0.1) is 18.2 Å². The number of hydrogen-bond acceptors (Lipinski definition) is 2. The first-order chi connectivity index (χ1) is 8.86. The van der Waals surface area contributed by atoms with Gasteiger partial charge in [0, 0.05) is 32.2 Å². The van der Waals surface area contributed by atoms with Crippen LogP contribution in [0.4, 0.5) is 4.39 Å². The van der Waals surface area contributed by atoms with Crippen molar-refractivity contribution < 1.29 is 4.39 Å². The molecule has 1 heterocycles. The molecule has 0 aliphatic carbocycles. The van der Waals surface area contributed by atoms with Crippen molar-refractivity contribution in [1.29, 1.82) is 0 Å². The Morgan fingerprint density at radius 2 is 2.11 bits per heavy atom. The molecule has 1 N–H and O–H groups in total. The Hall–Kier alpha value is -0.930. The molecule has 2 nitrogen and oxygen atoms in total. The smallest absolute Gasteiger partial charge is 0.123 e. The second kappa shape index (κ2) is 5.59. The Labute approximate surface area is 116 Å². The molecule has 1 unspecified atom stereocenters. The molecule has 0 amide bonds. The Morgan fingerprint density at radius 3 is 2.79 bits per heavy atom. The molecule has 2 rings (SSSR count). The number of nitrogens with zero attached hydrogens (tertiary/aromatic N) is 1. The molecule has 0 aromatic heterocycles. The van der Waals surface area contributed by atoms with E-state index in [-0.39, 0.29) is 11.2 Å². The molecule has 1 aromatic rings. The topological polar surface area (TPSA) is 15.3 Å². The van der Waals surface area contributed by atoms with Gasteiger partial charge in [-0.3, -0.25) is 4.90 Å². The summed E-state index contributed by atoms with van der Waals surface area (Å²) < 4.78 is 13.3. The monoisotopic (exact) mass is 264 g/mol. The minimum absolute atomic E-state index is 0.136. The molecule has 1 fully saturated rings. The van der Waals surface area contributed by atoms with Gasteiger partial charge in [0.05, 0.1) is 0 Å². The van der Waals surface area contributed by atoms with Gasteiger partial charge in [-0.25, -0.2) is 4.39 Å². The predicted molar refractivity (Wildman–Crippen MR) is 77.7 cm³/mol. The Bertz CT molecular complexity index is 437. The minimum atomic E-state index is -0.136. The van der Waals surface area contributed by atoms with Crippen molar-refractivity contribution in [2.75, 3.05) is 19.6 Å². The van der Waals surface area contributed by atoms with Gasteiger partial charge in [-0.15, -0.1) is 0 Å². The van der Waals surface area contributed by atoms with Gasteiger partial charge in [-0.2, -0.15) is 0 Å². The zero-order chi connectivity index (χ0) is 14.0. The summed E-state index contributed by atoms with van der Waals surface area (Å²) >= 11 is 0. The third kappa shape index (κ3) is 3.77. The third-order valence-electron chi connectivity index (χ3n) is 4.01. The van der Waals surface area contributed by atoms with Crippen LogP contribution in [-0.2, 0) is 6.54 Å². The lowest BCUT2D eigenvalue weighted by atomic mass is 9.85. The molecule has 19 heavy (non-hydrogen) atoms. The largest absolute Gasteiger partial charge is 0.311 e. The zero-order valence-electron chi connectivity index (χ0n) is 12.5. The maximum absolute atomic E-state index is 13.3. The summed E-state index contributed by atoms with van der Waals surface area (Å²) in [4.78, 5) is 2.42. The maximum atomic E-state index is 13.3. The van der Waals surface area contributed by atoms with Gasteiger partial charge in [0.25, 0.3) is 0 Å². The summed E-state index contributed by atoms with van der Waals surface area (Å²) in [5, 5.41) is 3.59. The predicted octanol–water partition coefficient (Wildman–Crippen LogP) is 2.95. The van der Waals surface area contributed by atoms with Crippen LogP contribution >= 0.6 is 0 Å². The van der Waals surface area contributed by atoms with Crippen LogP contribution in [0.25, 0.3) is 0 Å². The molecule has 0 radical (unpaired) electrons. The van der Waals surface area contributed by atoms with Crippen molar-refractivity contribution in [3.05, 3.63) is 35.1 Å². The number of piperazine rings is 1. The van der Waals surface area contributed by atoms with E-state index in [0.29, 0.717) is 6.04 Å². The van der Waals surface area contributed by atoms with Crippen molar-refractivity contribution in [1.82, 2.24) is 10.2 Å². The molecular formula is C16H25FN2. The van der Waals surface area contributed by atoms with Gasteiger partial charge in [0.1, 0.15) is 5.82 Å². The van der Waals surface area contributed by atoms with E-state index in [2.05, 4.69) is 37.9 Å². The highest BCUT2D eigenvalue weighted by molar-refractivity contribution is 5.26. The lowest BCUT2D eigenvalue weighted by Gasteiger charge is -2.40. The molecule has 1 atom stereocenters. The van der Waals surface area contributed by atoms with E-state index in [4.69, 9.17) is 0 Å². The SMILES string of the molecule is Cc1ccc(F)cc1CN1CCNC(C(C)(C)C)C1. The summed E-state index contributed by atoms with van der Waals surface area (Å²) in [6, 6.07) is 5.57. The van der Waals surface area contributed by atoms with Crippen molar-refractivity contribution in [3.8, 4) is 0 Å². The second-order valence-corrected chi connectivity index (χ2v) is 6.68. The number of hydrogen-bond donors (Lipinski definition) is 1. The van der Waals surface area contributed by atoms with E-state index in [0.717, 1.165) is 31.7 Å². The number of halogens is 1. The highest BCUT2D eigenvalue weighted by Crippen LogP contribution is 2.23. The van der Waals surface area contributed by atoms with E-state index >= 15 is 0 Å². The Balaban J connectivity index is 2.05. The fourth-order valence-corrected chi connectivity index (χ4v) is 2.59. The van der Waals surface area contributed by atoms with Crippen molar-refractivity contribution in [2.24, 2.45) is 5.41 Å². The van der Waals surface area contributed by atoms with Crippen LogP contribution in [0.5, 0.6) is 0 Å². The number of rotatable bonds is 2. The Morgan fingerprint density at radius 1 is 1.37 bits per heavy atom. The highest BCUT2D eigenvalue weighted by atomic mass is 19.1. The van der Waals surface area contributed by atoms with Crippen LogP contribution in [0.3, 0.4) is 0 Å².